The summed E-state index contributed by atoms with van der Waals surface area (Å²) in [5.74, 6) is -0.0124. The van der Waals surface area contributed by atoms with Gasteiger partial charge in [0.1, 0.15) is 11.4 Å². The molecule has 3 N–H and O–H groups in total. The maximum atomic E-state index is 12.8. The minimum Gasteiger partial charge on any atom is -0.393 e. The third-order valence-electron chi connectivity index (χ3n) is 5.02. The number of aliphatic hydroxyl groups is 1. The van der Waals surface area contributed by atoms with Crippen molar-refractivity contribution >= 4 is 5.91 Å². The molecule has 0 bridgehead atoms. The van der Waals surface area contributed by atoms with Crippen LogP contribution in [0.1, 0.15) is 34.9 Å². The number of aryl methyl sites for hydroxylation is 2. The molecule has 1 saturated carbocycles. The van der Waals surface area contributed by atoms with Gasteiger partial charge in [0.2, 0.25) is 0 Å². The average Bonchev–Trinajstić information content (AvgIpc) is 3.30. The van der Waals surface area contributed by atoms with E-state index in [-0.39, 0.29) is 24.0 Å². The first-order valence-corrected chi connectivity index (χ1v) is 8.66. The van der Waals surface area contributed by atoms with E-state index < -0.39 is 0 Å². The molecule has 1 atom stereocenters. The Balaban J connectivity index is 1.53. The van der Waals surface area contributed by atoms with E-state index in [1.165, 1.54) is 0 Å². The monoisotopic (exact) mass is 354 g/mol. The summed E-state index contributed by atoms with van der Waals surface area (Å²) in [5.41, 5.74) is 3.01. The molecule has 26 heavy (non-hydrogen) atoms. The quantitative estimate of drug-likeness (QED) is 0.644. The number of carbonyl (C=O) groups excluding carboxylic acids is 1. The largest absolute Gasteiger partial charge is 0.393 e. The molecule has 8 heteroatoms. The molecule has 0 spiro atoms. The predicted octanol–water partition coefficient (Wildman–Crippen LogP) is 1.39. The summed E-state index contributed by atoms with van der Waals surface area (Å²) in [6, 6.07) is 5.46. The van der Waals surface area contributed by atoms with Gasteiger partial charge in [0, 0.05) is 32.1 Å². The smallest absolute Gasteiger partial charge is 0.269 e. The first-order chi connectivity index (χ1) is 12.5. The van der Waals surface area contributed by atoms with Crippen molar-refractivity contribution in [3.63, 3.8) is 0 Å². The number of hydrogen-bond donors (Lipinski definition) is 3. The van der Waals surface area contributed by atoms with Crippen molar-refractivity contribution in [2.75, 3.05) is 0 Å². The minimum atomic E-state index is -0.285. The van der Waals surface area contributed by atoms with Gasteiger partial charge < -0.3 is 15.0 Å². The molecule has 3 aromatic heterocycles. The number of aliphatic hydroxyl groups excluding tert-OH is 1. The number of carbonyl (C=O) groups is 1. The molecule has 1 aliphatic carbocycles. The molecule has 0 radical (unpaired) electrons. The summed E-state index contributed by atoms with van der Waals surface area (Å²) in [7, 11) is 3.78. The fraction of sp³-hybridized carbons (Fsp3) is 0.389. The van der Waals surface area contributed by atoms with Crippen molar-refractivity contribution in [2.45, 2.75) is 25.0 Å². The molecule has 3 aromatic rings. The average molecular weight is 354 g/mol. The fourth-order valence-electron chi connectivity index (χ4n) is 3.49. The third-order valence-corrected chi connectivity index (χ3v) is 5.02. The Morgan fingerprint density at radius 1 is 1.42 bits per heavy atom. The fourth-order valence-corrected chi connectivity index (χ4v) is 3.49. The molecule has 1 amide bonds. The topological polar surface area (TPSA) is 101 Å². The number of aromatic amines is 1. The molecule has 3 heterocycles. The Labute approximate surface area is 150 Å². The molecule has 0 unspecified atom stereocenters. The van der Waals surface area contributed by atoms with Gasteiger partial charge in [0.15, 0.2) is 0 Å². The van der Waals surface area contributed by atoms with Crippen LogP contribution < -0.4 is 5.32 Å². The number of nitrogens with one attached hydrogen (secondary N) is 2. The summed E-state index contributed by atoms with van der Waals surface area (Å²) in [5, 5.41) is 24.0. The van der Waals surface area contributed by atoms with Crippen LogP contribution in [0.3, 0.4) is 0 Å². The zero-order valence-electron chi connectivity index (χ0n) is 14.8. The first-order valence-electron chi connectivity index (χ1n) is 8.66. The predicted molar refractivity (Wildman–Crippen MR) is 95.1 cm³/mol. The molecule has 0 aliphatic heterocycles. The van der Waals surface area contributed by atoms with Crippen LogP contribution in [0.25, 0.3) is 11.4 Å². The summed E-state index contributed by atoms with van der Waals surface area (Å²) < 4.78 is 3.67. The van der Waals surface area contributed by atoms with Gasteiger partial charge in [-0.05, 0) is 37.0 Å². The number of rotatable bonds is 5. The van der Waals surface area contributed by atoms with Crippen molar-refractivity contribution in [2.24, 2.45) is 20.0 Å². The van der Waals surface area contributed by atoms with E-state index in [0.29, 0.717) is 18.5 Å². The van der Waals surface area contributed by atoms with Gasteiger partial charge >= 0.3 is 0 Å². The van der Waals surface area contributed by atoms with E-state index in [1.807, 2.05) is 43.2 Å². The molecule has 4 rings (SSSR count). The summed E-state index contributed by atoms with van der Waals surface area (Å²) in [4.78, 5) is 12.8. The van der Waals surface area contributed by atoms with Crippen LogP contribution in [0, 0.1) is 5.92 Å². The van der Waals surface area contributed by atoms with Gasteiger partial charge in [-0.3, -0.25) is 14.6 Å². The van der Waals surface area contributed by atoms with Crippen molar-refractivity contribution in [1.82, 2.24) is 29.9 Å². The molecule has 0 saturated heterocycles. The molecule has 1 aliphatic rings. The highest BCUT2D eigenvalue weighted by Crippen LogP contribution is 2.38. The molecular weight excluding hydrogens is 332 g/mol. The third kappa shape index (κ3) is 3.03. The van der Waals surface area contributed by atoms with E-state index in [0.717, 1.165) is 17.0 Å². The normalized spacial score (nSPS) is 20.6. The van der Waals surface area contributed by atoms with Gasteiger partial charge in [-0.1, -0.05) is 0 Å². The Morgan fingerprint density at radius 3 is 2.85 bits per heavy atom. The van der Waals surface area contributed by atoms with Gasteiger partial charge in [0.25, 0.3) is 5.91 Å². The van der Waals surface area contributed by atoms with E-state index in [2.05, 4.69) is 20.6 Å². The van der Waals surface area contributed by atoms with Crippen LogP contribution in [0.15, 0.2) is 36.8 Å². The molecule has 0 aromatic carbocycles. The van der Waals surface area contributed by atoms with E-state index in [9.17, 15) is 9.90 Å². The number of H-pyrrole nitrogens is 1. The summed E-state index contributed by atoms with van der Waals surface area (Å²) in [6.07, 6.45) is 6.67. The maximum Gasteiger partial charge on any atom is 0.269 e. The lowest BCUT2D eigenvalue weighted by atomic mass is 9.75. The second-order valence-electron chi connectivity index (χ2n) is 6.95. The van der Waals surface area contributed by atoms with Crippen molar-refractivity contribution in [3.05, 3.63) is 48.0 Å². The maximum absolute atomic E-state index is 12.8. The van der Waals surface area contributed by atoms with Gasteiger partial charge in [-0.15, -0.1) is 0 Å². The van der Waals surface area contributed by atoms with Crippen LogP contribution in [-0.2, 0) is 14.1 Å². The van der Waals surface area contributed by atoms with E-state index >= 15 is 0 Å². The lowest BCUT2D eigenvalue weighted by Crippen LogP contribution is -2.41. The summed E-state index contributed by atoms with van der Waals surface area (Å²) >= 11 is 0. The second kappa shape index (κ2) is 6.45. The summed E-state index contributed by atoms with van der Waals surface area (Å²) in [6.45, 7) is 0. The van der Waals surface area contributed by atoms with Gasteiger partial charge in [-0.25, -0.2) is 0 Å². The minimum absolute atomic E-state index is 0.179. The highest BCUT2D eigenvalue weighted by molar-refractivity contribution is 5.93. The van der Waals surface area contributed by atoms with Gasteiger partial charge in [-0.2, -0.15) is 10.2 Å². The number of aromatic nitrogens is 5. The van der Waals surface area contributed by atoms with Crippen molar-refractivity contribution in [1.29, 1.82) is 0 Å². The van der Waals surface area contributed by atoms with Crippen LogP contribution in [0.5, 0.6) is 0 Å². The SMILES string of the molecule is Cn1cc([C@H](NC(=O)c2cc(-c3cccn3C)n[nH]2)C2CC(O)C2)cn1. The van der Waals surface area contributed by atoms with Crippen molar-refractivity contribution < 1.29 is 9.90 Å². The highest BCUT2D eigenvalue weighted by Gasteiger charge is 2.36. The Hall–Kier alpha value is -2.87. The second-order valence-corrected chi connectivity index (χ2v) is 6.95. The first kappa shape index (κ1) is 16.6. The standard InChI is InChI=1S/C18H22N6O2/c1-23-5-3-4-16(23)14-8-15(22-21-14)18(26)20-17(11-6-13(25)7-11)12-9-19-24(2)10-12/h3-5,8-11,13,17,25H,6-7H2,1-2H3,(H,20,26)(H,21,22)/t11?,13?,17-/m1/s1. The molecule has 136 valence electrons. The molecule has 8 nitrogen and oxygen atoms in total. The van der Waals surface area contributed by atoms with Crippen LogP contribution in [0.2, 0.25) is 0 Å². The van der Waals surface area contributed by atoms with E-state index in [4.69, 9.17) is 0 Å². The zero-order chi connectivity index (χ0) is 18.3. The number of nitrogens with zero attached hydrogens (tertiary/aromatic N) is 4. The Bertz CT molecular complexity index is 918. The highest BCUT2D eigenvalue weighted by atomic mass is 16.3. The number of hydrogen-bond acceptors (Lipinski definition) is 4. The van der Waals surface area contributed by atoms with Crippen LogP contribution in [-0.4, -0.2) is 41.7 Å². The molecule has 1 fully saturated rings. The zero-order valence-corrected chi connectivity index (χ0v) is 14.8. The Kier molecular flexibility index (Phi) is 4.12. The van der Waals surface area contributed by atoms with Crippen LogP contribution in [0.4, 0.5) is 0 Å². The van der Waals surface area contributed by atoms with E-state index in [1.54, 1.807) is 16.9 Å². The Morgan fingerprint density at radius 2 is 2.23 bits per heavy atom. The molecular formula is C18H22N6O2. The van der Waals surface area contributed by atoms with Crippen LogP contribution >= 0.6 is 0 Å². The van der Waals surface area contributed by atoms with Gasteiger partial charge in [0.05, 0.1) is 24.0 Å². The number of amides is 1. The lowest BCUT2D eigenvalue weighted by molar-refractivity contribution is 0.0234. The lowest BCUT2D eigenvalue weighted by Gasteiger charge is -2.37. The van der Waals surface area contributed by atoms with Crippen molar-refractivity contribution in [3.8, 4) is 11.4 Å².